The maximum atomic E-state index is 14.5. The normalized spacial score (nSPS) is 15.6. The highest BCUT2D eigenvalue weighted by Gasteiger charge is 2.24. The summed E-state index contributed by atoms with van der Waals surface area (Å²) in [6.45, 7) is 2.17. The predicted molar refractivity (Wildman–Crippen MR) is 149 cm³/mol. The summed E-state index contributed by atoms with van der Waals surface area (Å²) in [4.78, 5) is 11.9. The molecule has 1 aliphatic heterocycles. The van der Waals surface area contributed by atoms with Crippen molar-refractivity contribution in [1.82, 2.24) is 20.4 Å². The number of nitrogens with zero attached hydrogens (tertiary/aromatic N) is 2. The lowest BCUT2D eigenvalue weighted by Gasteiger charge is -2.22. The van der Waals surface area contributed by atoms with Crippen molar-refractivity contribution in [1.29, 1.82) is 0 Å². The third-order valence-corrected chi connectivity index (χ3v) is 8.01. The van der Waals surface area contributed by atoms with Gasteiger partial charge in [-0.1, -0.05) is 41.9 Å². The maximum absolute atomic E-state index is 14.5. The van der Waals surface area contributed by atoms with Gasteiger partial charge in [-0.2, -0.15) is 5.10 Å². The molecule has 1 unspecified atom stereocenters. The first-order valence-electron chi connectivity index (χ1n) is 12.4. The van der Waals surface area contributed by atoms with Crippen LogP contribution in [0.3, 0.4) is 0 Å². The van der Waals surface area contributed by atoms with Crippen molar-refractivity contribution in [2.45, 2.75) is 24.0 Å². The number of ether oxygens (including phenoxy) is 2. The lowest BCUT2D eigenvalue weighted by Crippen LogP contribution is -2.51. The van der Waals surface area contributed by atoms with Crippen LogP contribution in [0.4, 0.5) is 10.2 Å². The Hall–Kier alpha value is -3.71. The van der Waals surface area contributed by atoms with Gasteiger partial charge in [0.2, 0.25) is 5.91 Å². The molecule has 3 N–H and O–H groups in total. The molecule has 0 spiro atoms. The number of halogens is 2. The van der Waals surface area contributed by atoms with Gasteiger partial charge in [-0.25, -0.2) is 12.8 Å². The molecule has 4 aromatic rings. The fourth-order valence-corrected chi connectivity index (χ4v) is 5.72. The summed E-state index contributed by atoms with van der Waals surface area (Å²) in [5.41, 5.74) is 2.36. The molecule has 13 heteroatoms. The highest BCUT2D eigenvalue weighted by Crippen LogP contribution is 2.34. The molecule has 1 aromatic heterocycles. The molecule has 1 fully saturated rings. The molecule has 2 heterocycles. The van der Waals surface area contributed by atoms with Gasteiger partial charge in [-0.3, -0.25) is 14.2 Å². The summed E-state index contributed by atoms with van der Waals surface area (Å²) in [5.74, 6) is -0.724. The Bertz CT molecular complexity index is 1660. The van der Waals surface area contributed by atoms with Crippen molar-refractivity contribution < 1.29 is 27.1 Å². The first-order chi connectivity index (χ1) is 19.2. The molecule has 210 valence electrons. The molecular weight excluding hydrogens is 561 g/mol. The Kier molecular flexibility index (Phi) is 8.22. The van der Waals surface area contributed by atoms with E-state index in [1.54, 1.807) is 22.9 Å². The summed E-state index contributed by atoms with van der Waals surface area (Å²) in [7, 11) is -2.87. The van der Waals surface area contributed by atoms with Crippen molar-refractivity contribution in [3.8, 4) is 5.75 Å². The molecule has 1 saturated heterocycles. The van der Waals surface area contributed by atoms with E-state index in [0.717, 1.165) is 23.3 Å². The number of sulfonamides is 1. The molecule has 5 rings (SSSR count). The van der Waals surface area contributed by atoms with Crippen molar-refractivity contribution in [2.24, 2.45) is 0 Å². The minimum atomic E-state index is -4.34. The van der Waals surface area contributed by atoms with Gasteiger partial charge >= 0.3 is 0 Å². The number of amides is 1. The molecule has 0 saturated carbocycles. The van der Waals surface area contributed by atoms with E-state index in [1.807, 2.05) is 24.3 Å². The average Bonchev–Trinajstić information content (AvgIpc) is 3.28. The Balaban J connectivity index is 1.40. The molecular formula is C27H27ClFN5O5S. The van der Waals surface area contributed by atoms with Crippen LogP contribution in [0.2, 0.25) is 5.02 Å². The third kappa shape index (κ3) is 6.04. The SMILES string of the molecule is COc1cccc2c1c(NS(=O)(=O)c1ccc(Cl)cc1F)nn2Cc1cccc(CNC(=O)C2COCCN2)c1. The fourth-order valence-electron chi connectivity index (χ4n) is 4.49. The zero-order valence-electron chi connectivity index (χ0n) is 21.5. The molecule has 1 amide bonds. The fraction of sp³-hybridized carbons (Fsp3) is 0.259. The van der Waals surface area contributed by atoms with Gasteiger partial charge in [0.25, 0.3) is 10.0 Å². The molecule has 10 nitrogen and oxygen atoms in total. The van der Waals surface area contributed by atoms with E-state index < -0.39 is 20.7 Å². The number of anilines is 1. The van der Waals surface area contributed by atoms with Crippen LogP contribution in [-0.2, 0) is 32.6 Å². The second-order valence-electron chi connectivity index (χ2n) is 9.16. The molecule has 0 aliphatic carbocycles. The number of carbonyl (C=O) groups is 1. The zero-order valence-corrected chi connectivity index (χ0v) is 23.1. The minimum absolute atomic E-state index is 0.00702. The van der Waals surface area contributed by atoms with E-state index in [0.29, 0.717) is 49.5 Å². The summed E-state index contributed by atoms with van der Waals surface area (Å²) in [6.07, 6.45) is 0. The zero-order chi connectivity index (χ0) is 28.3. The van der Waals surface area contributed by atoms with Crippen molar-refractivity contribution in [3.05, 3.63) is 82.6 Å². The Labute approximate surface area is 235 Å². The van der Waals surface area contributed by atoms with Gasteiger partial charge in [0.15, 0.2) is 5.82 Å². The maximum Gasteiger partial charge on any atom is 0.266 e. The predicted octanol–water partition coefficient (Wildman–Crippen LogP) is 3.29. The van der Waals surface area contributed by atoms with Crippen molar-refractivity contribution >= 4 is 44.3 Å². The van der Waals surface area contributed by atoms with Gasteiger partial charge in [-0.15, -0.1) is 0 Å². The number of rotatable bonds is 9. The quantitative estimate of drug-likeness (QED) is 0.275. The number of aromatic nitrogens is 2. The lowest BCUT2D eigenvalue weighted by molar-refractivity contribution is -0.126. The van der Waals surface area contributed by atoms with E-state index in [4.69, 9.17) is 21.1 Å². The second-order valence-corrected chi connectivity index (χ2v) is 11.2. The number of morpholine rings is 1. The topological polar surface area (TPSA) is 124 Å². The van der Waals surface area contributed by atoms with Crippen LogP contribution >= 0.6 is 11.6 Å². The highest BCUT2D eigenvalue weighted by atomic mass is 35.5. The molecule has 1 atom stereocenters. The number of fused-ring (bicyclic) bond motifs is 1. The minimum Gasteiger partial charge on any atom is -0.496 e. The van der Waals surface area contributed by atoms with Crippen molar-refractivity contribution in [3.63, 3.8) is 0 Å². The van der Waals surface area contributed by atoms with E-state index in [9.17, 15) is 17.6 Å². The second kappa shape index (κ2) is 11.8. The lowest BCUT2D eigenvalue weighted by atomic mass is 10.1. The van der Waals surface area contributed by atoms with E-state index in [2.05, 4.69) is 20.5 Å². The first kappa shape index (κ1) is 27.8. The Morgan fingerprint density at radius 2 is 2.00 bits per heavy atom. The molecule has 0 radical (unpaired) electrons. The van der Waals surface area contributed by atoms with Crippen LogP contribution in [0, 0.1) is 5.82 Å². The van der Waals surface area contributed by atoms with E-state index in [-0.39, 0.29) is 22.8 Å². The third-order valence-electron chi connectivity index (χ3n) is 6.40. The Morgan fingerprint density at radius 3 is 2.75 bits per heavy atom. The van der Waals surface area contributed by atoms with Crippen LogP contribution < -0.4 is 20.1 Å². The number of hydrogen-bond acceptors (Lipinski definition) is 7. The number of nitrogens with one attached hydrogen (secondary N) is 3. The van der Waals surface area contributed by atoms with Crippen LogP contribution in [0.15, 0.2) is 65.6 Å². The van der Waals surface area contributed by atoms with Crippen molar-refractivity contribution in [2.75, 3.05) is 31.6 Å². The van der Waals surface area contributed by atoms with E-state index in [1.165, 1.54) is 13.2 Å². The largest absolute Gasteiger partial charge is 0.496 e. The standard InChI is InChI=1S/C27H27ClFN5O5S/c1-38-23-7-3-6-22-25(23)26(33-40(36,37)24-9-8-19(28)13-20(24)29)32-34(22)15-18-5-2-4-17(12-18)14-31-27(35)21-16-39-11-10-30-21/h2-9,12-13,21,30H,10-11,14-16H2,1H3,(H,31,35)(H,32,33). The first-order valence-corrected chi connectivity index (χ1v) is 14.3. The molecule has 0 bridgehead atoms. The smallest absolute Gasteiger partial charge is 0.266 e. The highest BCUT2D eigenvalue weighted by molar-refractivity contribution is 7.92. The number of hydrogen-bond donors (Lipinski definition) is 3. The van der Waals surface area contributed by atoms with Crippen LogP contribution in [-0.4, -0.2) is 57.0 Å². The monoisotopic (exact) mass is 587 g/mol. The number of benzene rings is 3. The van der Waals surface area contributed by atoms with Gasteiger partial charge in [0, 0.05) is 18.1 Å². The molecule has 3 aromatic carbocycles. The van der Waals surface area contributed by atoms with Gasteiger partial charge in [-0.05, 0) is 41.5 Å². The van der Waals surface area contributed by atoms with E-state index >= 15 is 0 Å². The van der Waals surface area contributed by atoms with Crippen LogP contribution in [0.5, 0.6) is 5.75 Å². The summed E-state index contributed by atoms with van der Waals surface area (Å²) in [5, 5.41) is 11.1. The van der Waals surface area contributed by atoms with Gasteiger partial charge in [0.1, 0.15) is 22.5 Å². The number of methoxy groups -OCH3 is 1. The van der Waals surface area contributed by atoms with Gasteiger partial charge < -0.3 is 20.1 Å². The average molecular weight is 588 g/mol. The van der Waals surface area contributed by atoms with Gasteiger partial charge in [0.05, 0.1) is 37.8 Å². The molecule has 40 heavy (non-hydrogen) atoms. The van der Waals surface area contributed by atoms with Crippen LogP contribution in [0.1, 0.15) is 11.1 Å². The molecule has 1 aliphatic rings. The van der Waals surface area contributed by atoms with Crippen LogP contribution in [0.25, 0.3) is 10.9 Å². The Morgan fingerprint density at radius 1 is 1.20 bits per heavy atom. The summed E-state index contributed by atoms with van der Waals surface area (Å²) in [6, 6.07) is 15.8. The summed E-state index contributed by atoms with van der Waals surface area (Å²) >= 11 is 5.79. The summed E-state index contributed by atoms with van der Waals surface area (Å²) < 4.78 is 55.5. The number of carbonyl (C=O) groups excluding carboxylic acids is 1.